The number of nitrogens with one attached hydrogen (secondary N) is 1. The Morgan fingerprint density at radius 2 is 1.93 bits per heavy atom. The maximum atomic E-state index is 12.3. The van der Waals surface area contributed by atoms with Gasteiger partial charge in [0.15, 0.2) is 5.58 Å². The second-order valence-electron chi connectivity index (χ2n) is 7.34. The van der Waals surface area contributed by atoms with Crippen LogP contribution < -0.4 is 11.1 Å². The van der Waals surface area contributed by atoms with Gasteiger partial charge in [0.05, 0.1) is 11.8 Å². The summed E-state index contributed by atoms with van der Waals surface area (Å²) in [6.07, 6.45) is 6.38. The molecule has 8 heteroatoms. The number of para-hydroxylation sites is 2. The lowest BCUT2D eigenvalue weighted by Gasteiger charge is -2.31. The topological polar surface area (TPSA) is 97.7 Å². The molecule has 2 aromatic heterocycles. The van der Waals surface area contributed by atoms with E-state index in [1.807, 2.05) is 0 Å². The van der Waals surface area contributed by atoms with Crippen molar-refractivity contribution >= 4 is 29.0 Å². The molecule has 156 valence electrons. The van der Waals surface area contributed by atoms with E-state index in [-0.39, 0.29) is 18.4 Å². The Labute approximate surface area is 172 Å². The fraction of sp³-hybridized carbons (Fsp3) is 0.318. The van der Waals surface area contributed by atoms with Crippen LogP contribution in [0.4, 0.5) is 0 Å². The maximum Gasteiger partial charge on any atom is 0.420 e. The number of piperidine rings is 1. The zero-order chi connectivity index (χ0) is 20.9. The summed E-state index contributed by atoms with van der Waals surface area (Å²) >= 11 is 0. The number of furan rings is 1. The molecule has 8 nitrogen and oxygen atoms in total. The predicted molar refractivity (Wildman–Crippen MR) is 111 cm³/mol. The summed E-state index contributed by atoms with van der Waals surface area (Å²) in [7, 11) is 0. The summed E-state index contributed by atoms with van der Waals surface area (Å²) in [5.74, 6) is 0.125. The number of hydrogen-bond donors (Lipinski definition) is 1. The smallest absolute Gasteiger partial charge is 0.420 e. The van der Waals surface area contributed by atoms with Crippen LogP contribution >= 0.6 is 0 Å². The van der Waals surface area contributed by atoms with Crippen LogP contribution in [0.3, 0.4) is 0 Å². The minimum absolute atomic E-state index is 0.0416. The van der Waals surface area contributed by atoms with Crippen molar-refractivity contribution in [3.05, 3.63) is 65.0 Å². The van der Waals surface area contributed by atoms with Crippen LogP contribution in [0.15, 0.2) is 62.4 Å². The molecule has 1 aromatic carbocycles. The van der Waals surface area contributed by atoms with Gasteiger partial charge in [0.1, 0.15) is 12.3 Å². The molecule has 3 heterocycles. The van der Waals surface area contributed by atoms with Crippen LogP contribution in [0.2, 0.25) is 0 Å². The largest absolute Gasteiger partial charge is 0.465 e. The van der Waals surface area contributed by atoms with Gasteiger partial charge in [-0.05, 0) is 49.1 Å². The highest BCUT2D eigenvalue weighted by molar-refractivity contribution is 5.91. The molecule has 1 aliphatic rings. The number of rotatable bonds is 6. The van der Waals surface area contributed by atoms with Gasteiger partial charge in [-0.25, -0.2) is 4.79 Å². The highest BCUT2D eigenvalue weighted by Gasteiger charge is 2.22. The Bertz CT molecular complexity index is 1100. The number of benzene rings is 1. The van der Waals surface area contributed by atoms with Gasteiger partial charge in [0, 0.05) is 25.7 Å². The molecular formula is C22H23N3O5. The first-order valence-electron chi connectivity index (χ1n) is 9.96. The molecule has 1 aliphatic heterocycles. The normalized spacial score (nSPS) is 15.1. The van der Waals surface area contributed by atoms with Gasteiger partial charge >= 0.3 is 5.76 Å². The summed E-state index contributed by atoms with van der Waals surface area (Å²) in [5.41, 5.74) is 1.07. The number of amides is 2. The molecule has 0 saturated carbocycles. The van der Waals surface area contributed by atoms with Crippen LogP contribution in [-0.2, 0) is 16.1 Å². The van der Waals surface area contributed by atoms with Crippen molar-refractivity contribution in [2.75, 3.05) is 19.6 Å². The third-order valence-corrected chi connectivity index (χ3v) is 5.32. The quantitative estimate of drug-likeness (QED) is 0.630. The average molecular weight is 409 g/mol. The van der Waals surface area contributed by atoms with Gasteiger partial charge < -0.3 is 19.1 Å². The Morgan fingerprint density at radius 3 is 2.70 bits per heavy atom. The number of oxazole rings is 1. The van der Waals surface area contributed by atoms with Crippen molar-refractivity contribution in [3.63, 3.8) is 0 Å². The Balaban J connectivity index is 1.23. The number of carbonyl (C=O) groups excluding carboxylic acids is 2. The van der Waals surface area contributed by atoms with Crippen LogP contribution in [-0.4, -0.2) is 40.9 Å². The fourth-order valence-electron chi connectivity index (χ4n) is 3.62. The molecule has 0 radical (unpaired) electrons. The van der Waals surface area contributed by atoms with Crippen molar-refractivity contribution in [1.82, 2.24) is 14.8 Å². The van der Waals surface area contributed by atoms with E-state index < -0.39 is 5.76 Å². The number of aromatic nitrogens is 1. The molecule has 2 amide bonds. The van der Waals surface area contributed by atoms with Gasteiger partial charge in [-0.3, -0.25) is 14.2 Å². The summed E-state index contributed by atoms with van der Waals surface area (Å²) in [4.78, 5) is 38.4. The monoisotopic (exact) mass is 409 g/mol. The van der Waals surface area contributed by atoms with E-state index in [1.165, 1.54) is 10.6 Å². The summed E-state index contributed by atoms with van der Waals surface area (Å²) in [6, 6.07) is 10.6. The molecule has 4 rings (SSSR count). The molecule has 0 unspecified atom stereocenters. The van der Waals surface area contributed by atoms with Crippen molar-refractivity contribution < 1.29 is 18.4 Å². The summed E-state index contributed by atoms with van der Waals surface area (Å²) < 4.78 is 11.7. The molecular weight excluding hydrogens is 386 g/mol. The number of likely N-dealkylation sites (tertiary alicyclic amines) is 1. The van der Waals surface area contributed by atoms with Gasteiger partial charge in [-0.1, -0.05) is 12.1 Å². The molecule has 1 saturated heterocycles. The Hall–Kier alpha value is -3.55. The van der Waals surface area contributed by atoms with Crippen molar-refractivity contribution in [2.45, 2.75) is 19.4 Å². The van der Waals surface area contributed by atoms with Crippen LogP contribution in [0, 0.1) is 5.92 Å². The van der Waals surface area contributed by atoms with Gasteiger partial charge in [0.2, 0.25) is 11.8 Å². The lowest BCUT2D eigenvalue weighted by atomic mass is 9.96. The van der Waals surface area contributed by atoms with Crippen molar-refractivity contribution in [2.24, 2.45) is 5.92 Å². The first-order valence-corrected chi connectivity index (χ1v) is 9.96. The molecule has 0 bridgehead atoms. The Kier molecular flexibility index (Phi) is 5.83. The molecule has 0 aliphatic carbocycles. The lowest BCUT2D eigenvalue weighted by molar-refractivity contribution is -0.127. The Morgan fingerprint density at radius 1 is 1.13 bits per heavy atom. The molecule has 3 aromatic rings. The van der Waals surface area contributed by atoms with E-state index in [1.54, 1.807) is 53.6 Å². The number of carbonyl (C=O) groups is 2. The molecule has 1 N–H and O–H groups in total. The highest BCUT2D eigenvalue weighted by atomic mass is 16.4. The third-order valence-electron chi connectivity index (χ3n) is 5.32. The second-order valence-corrected chi connectivity index (χ2v) is 7.34. The maximum absolute atomic E-state index is 12.3. The highest BCUT2D eigenvalue weighted by Crippen LogP contribution is 2.17. The zero-order valence-corrected chi connectivity index (χ0v) is 16.5. The predicted octanol–water partition coefficient (Wildman–Crippen LogP) is 2.26. The van der Waals surface area contributed by atoms with E-state index >= 15 is 0 Å². The fourth-order valence-corrected chi connectivity index (χ4v) is 3.62. The summed E-state index contributed by atoms with van der Waals surface area (Å²) in [6.45, 7) is 1.74. The zero-order valence-electron chi connectivity index (χ0n) is 16.5. The van der Waals surface area contributed by atoms with E-state index in [0.29, 0.717) is 42.4 Å². The van der Waals surface area contributed by atoms with E-state index in [9.17, 15) is 14.4 Å². The minimum atomic E-state index is -0.541. The second kappa shape index (κ2) is 8.86. The van der Waals surface area contributed by atoms with Gasteiger partial charge in [-0.2, -0.15) is 0 Å². The lowest BCUT2D eigenvalue weighted by Crippen LogP contribution is -2.41. The van der Waals surface area contributed by atoms with E-state index in [2.05, 4.69) is 5.32 Å². The van der Waals surface area contributed by atoms with Crippen molar-refractivity contribution in [3.8, 4) is 0 Å². The SMILES string of the molecule is O=C(Cn1c(=O)oc2ccccc21)NCC1CCN(C(=O)C=Cc2ccco2)CC1. The molecule has 30 heavy (non-hydrogen) atoms. The minimum Gasteiger partial charge on any atom is -0.465 e. The van der Waals surface area contributed by atoms with E-state index in [4.69, 9.17) is 8.83 Å². The number of nitrogens with zero attached hydrogens (tertiary/aromatic N) is 2. The standard InChI is InChI=1S/C22H23N3O5/c26-20(15-25-18-5-1-2-6-19(18)30-22(25)28)23-14-16-9-11-24(12-10-16)21(27)8-7-17-4-3-13-29-17/h1-8,13,16H,9-12,14-15H2,(H,23,26). The van der Waals surface area contributed by atoms with Gasteiger partial charge in [0.25, 0.3) is 0 Å². The number of fused-ring (bicyclic) bond motifs is 1. The van der Waals surface area contributed by atoms with Crippen LogP contribution in [0.25, 0.3) is 17.2 Å². The van der Waals surface area contributed by atoms with Crippen LogP contribution in [0.1, 0.15) is 18.6 Å². The van der Waals surface area contributed by atoms with Gasteiger partial charge in [-0.15, -0.1) is 0 Å². The first-order chi connectivity index (χ1) is 14.6. The number of hydrogen-bond acceptors (Lipinski definition) is 5. The average Bonchev–Trinajstić information content (AvgIpc) is 3.39. The van der Waals surface area contributed by atoms with Crippen LogP contribution in [0.5, 0.6) is 0 Å². The molecule has 1 fully saturated rings. The third kappa shape index (κ3) is 4.53. The van der Waals surface area contributed by atoms with E-state index in [0.717, 1.165) is 12.8 Å². The first kappa shape index (κ1) is 19.8. The molecule has 0 atom stereocenters. The van der Waals surface area contributed by atoms with Crippen molar-refractivity contribution in [1.29, 1.82) is 0 Å². The summed E-state index contributed by atoms with van der Waals surface area (Å²) in [5, 5.41) is 2.90. The molecule has 0 spiro atoms.